The van der Waals surface area contributed by atoms with Crippen LogP contribution in [0.5, 0.6) is 5.75 Å². The summed E-state index contributed by atoms with van der Waals surface area (Å²) in [6.07, 6.45) is 0.824. The lowest BCUT2D eigenvalue weighted by molar-refractivity contribution is 0.0938. The Bertz CT molecular complexity index is 889. The first kappa shape index (κ1) is 21.8. The number of benzene rings is 2. The zero-order valence-electron chi connectivity index (χ0n) is 15.8. The summed E-state index contributed by atoms with van der Waals surface area (Å²) in [7, 11) is 1.49. The number of halogens is 1. The standard InChI is InChI=1S/C20H22BrN3O3S/c1-4-12(2)22-18(25)14-7-5-6-8-16(14)23-20(28)24-19(26)15-11-13(21)9-10-17(15)27-3/h5-12H,4H2,1-3H3,(H,22,25)(H2,23,24,26,28). The maximum atomic E-state index is 12.6. The van der Waals surface area contributed by atoms with Gasteiger partial charge in [-0.3, -0.25) is 14.9 Å². The van der Waals surface area contributed by atoms with E-state index in [1.807, 2.05) is 13.8 Å². The van der Waals surface area contributed by atoms with Crippen LogP contribution in [0, 0.1) is 0 Å². The van der Waals surface area contributed by atoms with Gasteiger partial charge in [0.1, 0.15) is 5.75 Å². The summed E-state index contributed by atoms with van der Waals surface area (Å²) in [6.45, 7) is 3.93. The van der Waals surface area contributed by atoms with Crippen molar-refractivity contribution in [1.29, 1.82) is 0 Å². The number of anilines is 1. The Kier molecular flexibility index (Phi) is 7.95. The number of rotatable bonds is 6. The van der Waals surface area contributed by atoms with Crippen molar-refractivity contribution in [3.63, 3.8) is 0 Å². The third-order valence-corrected chi connectivity index (χ3v) is 4.74. The van der Waals surface area contributed by atoms with E-state index in [0.29, 0.717) is 22.6 Å². The number of nitrogens with one attached hydrogen (secondary N) is 3. The number of ether oxygens (including phenoxy) is 1. The molecule has 2 aromatic rings. The Morgan fingerprint density at radius 2 is 1.86 bits per heavy atom. The molecule has 2 amide bonds. The molecule has 8 heteroatoms. The minimum Gasteiger partial charge on any atom is -0.496 e. The summed E-state index contributed by atoms with van der Waals surface area (Å²) >= 11 is 8.59. The maximum Gasteiger partial charge on any atom is 0.261 e. The van der Waals surface area contributed by atoms with Crippen LogP contribution in [-0.2, 0) is 0 Å². The number of amides is 2. The van der Waals surface area contributed by atoms with Crippen LogP contribution in [0.15, 0.2) is 46.9 Å². The van der Waals surface area contributed by atoms with Gasteiger partial charge < -0.3 is 15.4 Å². The van der Waals surface area contributed by atoms with Gasteiger partial charge in [0, 0.05) is 10.5 Å². The smallest absolute Gasteiger partial charge is 0.261 e. The molecule has 0 radical (unpaired) electrons. The van der Waals surface area contributed by atoms with Crippen LogP contribution in [0.25, 0.3) is 0 Å². The van der Waals surface area contributed by atoms with Crippen molar-refractivity contribution in [2.45, 2.75) is 26.3 Å². The van der Waals surface area contributed by atoms with Gasteiger partial charge in [-0.15, -0.1) is 0 Å². The molecule has 0 aromatic heterocycles. The van der Waals surface area contributed by atoms with Gasteiger partial charge in [-0.1, -0.05) is 35.0 Å². The average Bonchev–Trinajstić information content (AvgIpc) is 2.67. The molecule has 148 valence electrons. The molecule has 2 aromatic carbocycles. The van der Waals surface area contributed by atoms with Crippen LogP contribution in [0.1, 0.15) is 41.0 Å². The molecule has 0 fully saturated rings. The number of methoxy groups -OCH3 is 1. The first-order chi connectivity index (χ1) is 13.3. The van der Waals surface area contributed by atoms with Crippen LogP contribution in [-0.4, -0.2) is 30.1 Å². The van der Waals surface area contributed by atoms with E-state index in [1.165, 1.54) is 7.11 Å². The van der Waals surface area contributed by atoms with E-state index in [9.17, 15) is 9.59 Å². The number of hydrogen-bond donors (Lipinski definition) is 3. The third-order valence-electron chi connectivity index (χ3n) is 4.04. The summed E-state index contributed by atoms with van der Waals surface area (Å²) in [5, 5.41) is 8.53. The monoisotopic (exact) mass is 463 g/mol. The molecular weight excluding hydrogens is 442 g/mol. The highest BCUT2D eigenvalue weighted by molar-refractivity contribution is 9.10. The summed E-state index contributed by atoms with van der Waals surface area (Å²) in [4.78, 5) is 25.0. The van der Waals surface area contributed by atoms with Crippen molar-refractivity contribution in [3.05, 3.63) is 58.1 Å². The summed E-state index contributed by atoms with van der Waals surface area (Å²) in [5.74, 6) is -0.200. The molecular formula is C20H22BrN3O3S. The van der Waals surface area contributed by atoms with Crippen LogP contribution in [0.2, 0.25) is 0 Å². The molecule has 0 spiro atoms. The fraction of sp³-hybridized carbons (Fsp3) is 0.250. The van der Waals surface area contributed by atoms with E-state index >= 15 is 0 Å². The van der Waals surface area contributed by atoms with Crippen molar-refractivity contribution in [2.75, 3.05) is 12.4 Å². The van der Waals surface area contributed by atoms with Crippen molar-refractivity contribution in [3.8, 4) is 5.75 Å². The van der Waals surface area contributed by atoms with E-state index < -0.39 is 5.91 Å². The van der Waals surface area contributed by atoms with Gasteiger partial charge in [-0.2, -0.15) is 0 Å². The predicted octanol–water partition coefficient (Wildman–Crippen LogP) is 4.11. The van der Waals surface area contributed by atoms with Crippen molar-refractivity contribution in [2.24, 2.45) is 0 Å². The van der Waals surface area contributed by atoms with Gasteiger partial charge in [0.2, 0.25) is 0 Å². The van der Waals surface area contributed by atoms with E-state index in [4.69, 9.17) is 17.0 Å². The fourth-order valence-corrected chi connectivity index (χ4v) is 2.94. The molecule has 0 bridgehead atoms. The van der Waals surface area contributed by atoms with Crippen molar-refractivity contribution < 1.29 is 14.3 Å². The van der Waals surface area contributed by atoms with Gasteiger partial charge in [0.25, 0.3) is 11.8 Å². The van der Waals surface area contributed by atoms with E-state index in [-0.39, 0.29) is 17.1 Å². The van der Waals surface area contributed by atoms with Crippen LogP contribution < -0.4 is 20.7 Å². The van der Waals surface area contributed by atoms with E-state index in [2.05, 4.69) is 31.9 Å². The average molecular weight is 464 g/mol. The van der Waals surface area contributed by atoms with Gasteiger partial charge >= 0.3 is 0 Å². The number of hydrogen-bond acceptors (Lipinski definition) is 4. The minimum absolute atomic E-state index is 0.0520. The highest BCUT2D eigenvalue weighted by atomic mass is 79.9. The maximum absolute atomic E-state index is 12.6. The van der Waals surface area contributed by atoms with Crippen LogP contribution in [0.3, 0.4) is 0 Å². The Labute approximate surface area is 178 Å². The number of carbonyl (C=O) groups excluding carboxylic acids is 2. The molecule has 6 nitrogen and oxygen atoms in total. The zero-order valence-corrected chi connectivity index (χ0v) is 18.2. The van der Waals surface area contributed by atoms with Crippen LogP contribution in [0.4, 0.5) is 5.69 Å². The molecule has 0 saturated carbocycles. The molecule has 1 unspecified atom stereocenters. The molecule has 0 aliphatic carbocycles. The number of para-hydroxylation sites is 1. The van der Waals surface area contributed by atoms with Gasteiger partial charge in [-0.05, 0) is 55.9 Å². The fourth-order valence-electron chi connectivity index (χ4n) is 2.38. The summed E-state index contributed by atoms with van der Waals surface area (Å²) in [6, 6.07) is 12.1. The Morgan fingerprint density at radius 3 is 2.54 bits per heavy atom. The molecule has 28 heavy (non-hydrogen) atoms. The molecule has 0 aliphatic rings. The topological polar surface area (TPSA) is 79.5 Å². The number of carbonyl (C=O) groups is 2. The Balaban J connectivity index is 2.13. The second-order valence-electron chi connectivity index (χ2n) is 6.08. The minimum atomic E-state index is -0.419. The van der Waals surface area contributed by atoms with Crippen molar-refractivity contribution >= 4 is 50.8 Å². The van der Waals surface area contributed by atoms with Gasteiger partial charge in [0.15, 0.2) is 5.11 Å². The quantitative estimate of drug-likeness (QED) is 0.561. The van der Waals surface area contributed by atoms with E-state index in [1.54, 1.807) is 42.5 Å². The molecule has 0 aliphatic heterocycles. The molecule has 3 N–H and O–H groups in total. The second-order valence-corrected chi connectivity index (χ2v) is 7.41. The normalized spacial score (nSPS) is 11.3. The lowest BCUT2D eigenvalue weighted by Crippen LogP contribution is -2.36. The highest BCUT2D eigenvalue weighted by Gasteiger charge is 2.17. The largest absolute Gasteiger partial charge is 0.496 e. The van der Waals surface area contributed by atoms with E-state index in [0.717, 1.165) is 10.9 Å². The number of thiocarbonyl (C=S) groups is 1. The summed E-state index contributed by atoms with van der Waals surface area (Å²) in [5.41, 5.74) is 1.29. The Morgan fingerprint density at radius 1 is 1.14 bits per heavy atom. The molecule has 0 saturated heterocycles. The van der Waals surface area contributed by atoms with Crippen LogP contribution >= 0.6 is 28.1 Å². The lowest BCUT2D eigenvalue weighted by Gasteiger charge is -2.16. The van der Waals surface area contributed by atoms with Gasteiger partial charge in [0.05, 0.1) is 23.9 Å². The molecule has 0 heterocycles. The first-order valence-corrected chi connectivity index (χ1v) is 9.91. The molecule has 1 atom stereocenters. The second kappa shape index (κ2) is 10.2. The lowest BCUT2D eigenvalue weighted by atomic mass is 10.1. The molecule has 2 rings (SSSR count). The summed E-state index contributed by atoms with van der Waals surface area (Å²) < 4.78 is 5.96. The van der Waals surface area contributed by atoms with Gasteiger partial charge in [-0.25, -0.2) is 0 Å². The predicted molar refractivity (Wildman–Crippen MR) is 118 cm³/mol. The zero-order chi connectivity index (χ0) is 20.7. The third kappa shape index (κ3) is 5.77. The highest BCUT2D eigenvalue weighted by Crippen LogP contribution is 2.23. The first-order valence-electron chi connectivity index (χ1n) is 8.71. The van der Waals surface area contributed by atoms with Crippen molar-refractivity contribution in [1.82, 2.24) is 10.6 Å². The SMILES string of the molecule is CCC(C)NC(=O)c1ccccc1NC(=S)NC(=O)c1cc(Br)ccc1OC. The Hall–Kier alpha value is -2.45.